The number of rotatable bonds is 2. The molecule has 1 rings (SSSR count). The van der Waals surface area contributed by atoms with E-state index in [4.69, 9.17) is 4.74 Å². The molecular formula is C11H18O3. The van der Waals surface area contributed by atoms with Crippen molar-refractivity contribution in [2.75, 3.05) is 13.7 Å². The molecule has 0 amide bonds. The minimum absolute atomic E-state index is 0.0991. The first-order chi connectivity index (χ1) is 6.59. The maximum atomic E-state index is 11.0. The first-order valence-electron chi connectivity index (χ1n) is 5.01. The molecule has 0 bridgehead atoms. The van der Waals surface area contributed by atoms with Gasteiger partial charge in [0.15, 0.2) is 0 Å². The Balaban J connectivity index is 2.64. The lowest BCUT2D eigenvalue weighted by atomic mass is 9.89. The number of methoxy groups -OCH3 is 1. The molecule has 0 aromatic carbocycles. The number of carbonyl (C=O) groups is 1. The quantitative estimate of drug-likeness (QED) is 0.503. The van der Waals surface area contributed by atoms with Crippen LogP contribution in [0, 0.1) is 0 Å². The summed E-state index contributed by atoms with van der Waals surface area (Å²) in [6.07, 6.45) is 4.23. The van der Waals surface area contributed by atoms with Gasteiger partial charge in [-0.25, -0.2) is 4.79 Å². The van der Waals surface area contributed by atoms with Gasteiger partial charge in [0, 0.05) is 6.08 Å². The van der Waals surface area contributed by atoms with Crippen molar-refractivity contribution in [2.45, 2.75) is 38.7 Å². The van der Waals surface area contributed by atoms with Crippen molar-refractivity contribution in [3.05, 3.63) is 11.6 Å². The van der Waals surface area contributed by atoms with Gasteiger partial charge in [0.25, 0.3) is 0 Å². The van der Waals surface area contributed by atoms with Gasteiger partial charge in [-0.05, 0) is 26.2 Å². The predicted molar refractivity (Wildman–Crippen MR) is 54.0 cm³/mol. The Bertz CT molecular complexity index is 245. The van der Waals surface area contributed by atoms with Crippen LogP contribution >= 0.6 is 0 Å². The summed E-state index contributed by atoms with van der Waals surface area (Å²) in [7, 11) is 1.40. The summed E-state index contributed by atoms with van der Waals surface area (Å²) in [6.45, 7) is 4.88. The van der Waals surface area contributed by atoms with E-state index < -0.39 is 0 Å². The minimum Gasteiger partial charge on any atom is -0.466 e. The van der Waals surface area contributed by atoms with Crippen LogP contribution in [0.3, 0.4) is 0 Å². The van der Waals surface area contributed by atoms with Crippen molar-refractivity contribution in [1.29, 1.82) is 0 Å². The number of hydrogen-bond acceptors (Lipinski definition) is 3. The van der Waals surface area contributed by atoms with Crippen molar-refractivity contribution in [2.24, 2.45) is 0 Å². The molecule has 0 aliphatic carbocycles. The summed E-state index contributed by atoms with van der Waals surface area (Å²) in [5.74, 6) is -0.264. The second kappa shape index (κ2) is 4.60. The largest absolute Gasteiger partial charge is 0.466 e. The second-order valence-electron chi connectivity index (χ2n) is 3.90. The van der Waals surface area contributed by atoms with Gasteiger partial charge in [0.05, 0.1) is 19.3 Å². The number of esters is 1. The molecule has 1 atom stereocenters. The molecule has 0 radical (unpaired) electrons. The molecule has 0 aromatic rings. The highest BCUT2D eigenvalue weighted by Crippen LogP contribution is 2.30. The Morgan fingerprint density at radius 2 is 2.43 bits per heavy atom. The van der Waals surface area contributed by atoms with Crippen LogP contribution < -0.4 is 0 Å². The van der Waals surface area contributed by atoms with Crippen LogP contribution in [0.4, 0.5) is 0 Å². The summed E-state index contributed by atoms with van der Waals surface area (Å²) in [5, 5.41) is 0. The topological polar surface area (TPSA) is 35.5 Å². The van der Waals surface area contributed by atoms with Gasteiger partial charge in [-0.3, -0.25) is 0 Å². The molecule has 1 aliphatic heterocycles. The third-order valence-corrected chi connectivity index (χ3v) is 2.75. The lowest BCUT2D eigenvalue weighted by Gasteiger charge is -2.34. The standard InChI is InChI=1S/C11H18O3/c1-4-11(2)8-9(5-6-14-11)7-10(12)13-3/h7H,4-6,8H2,1-3H3. The van der Waals surface area contributed by atoms with Crippen molar-refractivity contribution < 1.29 is 14.3 Å². The van der Waals surface area contributed by atoms with E-state index >= 15 is 0 Å². The van der Waals surface area contributed by atoms with Crippen LogP contribution in [0.25, 0.3) is 0 Å². The zero-order chi connectivity index (χ0) is 10.6. The first kappa shape index (κ1) is 11.2. The third kappa shape index (κ3) is 2.84. The first-order valence-corrected chi connectivity index (χ1v) is 5.01. The molecule has 3 nitrogen and oxygen atoms in total. The molecule has 0 spiro atoms. The van der Waals surface area contributed by atoms with Crippen LogP contribution in [-0.2, 0) is 14.3 Å². The SMILES string of the molecule is CCC1(C)CC(=CC(=O)OC)CCO1. The second-order valence-corrected chi connectivity index (χ2v) is 3.90. The van der Waals surface area contributed by atoms with Gasteiger partial charge < -0.3 is 9.47 Å². The molecule has 1 fully saturated rings. The van der Waals surface area contributed by atoms with Gasteiger partial charge >= 0.3 is 5.97 Å². The van der Waals surface area contributed by atoms with E-state index in [9.17, 15) is 4.79 Å². The van der Waals surface area contributed by atoms with E-state index in [0.29, 0.717) is 6.61 Å². The minimum atomic E-state index is -0.264. The maximum Gasteiger partial charge on any atom is 0.330 e. The fourth-order valence-corrected chi connectivity index (χ4v) is 1.62. The Hall–Kier alpha value is -0.830. The van der Waals surface area contributed by atoms with Crippen LogP contribution in [-0.4, -0.2) is 25.3 Å². The molecule has 0 N–H and O–H groups in total. The van der Waals surface area contributed by atoms with E-state index in [2.05, 4.69) is 18.6 Å². The molecule has 1 aliphatic rings. The van der Waals surface area contributed by atoms with Gasteiger partial charge in [0.2, 0.25) is 0 Å². The lowest BCUT2D eigenvalue weighted by molar-refractivity contribution is -0.135. The van der Waals surface area contributed by atoms with Crippen molar-refractivity contribution in [3.63, 3.8) is 0 Å². The average molecular weight is 198 g/mol. The van der Waals surface area contributed by atoms with Gasteiger partial charge in [-0.1, -0.05) is 12.5 Å². The third-order valence-electron chi connectivity index (χ3n) is 2.75. The summed E-state index contributed by atoms with van der Waals surface area (Å²) in [5.41, 5.74) is 1.03. The van der Waals surface area contributed by atoms with Gasteiger partial charge in [-0.15, -0.1) is 0 Å². The van der Waals surface area contributed by atoms with Crippen molar-refractivity contribution in [3.8, 4) is 0 Å². The number of carbonyl (C=O) groups excluding carboxylic acids is 1. The zero-order valence-electron chi connectivity index (χ0n) is 9.13. The lowest BCUT2D eigenvalue weighted by Crippen LogP contribution is -2.33. The summed E-state index contributed by atoms with van der Waals surface area (Å²) >= 11 is 0. The summed E-state index contributed by atoms with van der Waals surface area (Å²) in [4.78, 5) is 11.0. The number of hydrogen-bond donors (Lipinski definition) is 0. The molecule has 3 heteroatoms. The Morgan fingerprint density at radius 3 is 3.00 bits per heavy atom. The van der Waals surface area contributed by atoms with E-state index in [-0.39, 0.29) is 11.6 Å². The molecule has 1 unspecified atom stereocenters. The normalized spacial score (nSPS) is 30.4. The van der Waals surface area contributed by atoms with Crippen LogP contribution in [0.2, 0.25) is 0 Å². The van der Waals surface area contributed by atoms with Gasteiger partial charge in [-0.2, -0.15) is 0 Å². The fraction of sp³-hybridized carbons (Fsp3) is 0.727. The molecule has 1 heterocycles. The molecule has 1 saturated heterocycles. The molecule has 80 valence electrons. The van der Waals surface area contributed by atoms with E-state index in [1.807, 2.05) is 0 Å². The van der Waals surface area contributed by atoms with Crippen LogP contribution in [0.15, 0.2) is 11.6 Å². The fourth-order valence-electron chi connectivity index (χ4n) is 1.62. The van der Waals surface area contributed by atoms with Crippen molar-refractivity contribution >= 4 is 5.97 Å². The Morgan fingerprint density at radius 1 is 1.71 bits per heavy atom. The highest BCUT2D eigenvalue weighted by Gasteiger charge is 2.28. The highest BCUT2D eigenvalue weighted by molar-refractivity contribution is 5.82. The Kier molecular flexibility index (Phi) is 3.69. The smallest absolute Gasteiger partial charge is 0.330 e. The zero-order valence-corrected chi connectivity index (χ0v) is 9.13. The Labute approximate surface area is 85.1 Å². The van der Waals surface area contributed by atoms with E-state index in [0.717, 1.165) is 24.8 Å². The van der Waals surface area contributed by atoms with Crippen LogP contribution in [0.1, 0.15) is 33.1 Å². The molecular weight excluding hydrogens is 180 g/mol. The summed E-state index contributed by atoms with van der Waals surface area (Å²) < 4.78 is 10.3. The summed E-state index contributed by atoms with van der Waals surface area (Å²) in [6, 6.07) is 0. The molecule has 14 heavy (non-hydrogen) atoms. The van der Waals surface area contributed by atoms with Crippen molar-refractivity contribution in [1.82, 2.24) is 0 Å². The highest BCUT2D eigenvalue weighted by atomic mass is 16.5. The van der Waals surface area contributed by atoms with Crippen LogP contribution in [0.5, 0.6) is 0 Å². The van der Waals surface area contributed by atoms with E-state index in [1.165, 1.54) is 7.11 Å². The van der Waals surface area contributed by atoms with E-state index in [1.54, 1.807) is 6.08 Å². The maximum absolute atomic E-state index is 11.0. The average Bonchev–Trinajstić information content (AvgIpc) is 2.18. The predicted octanol–water partition coefficient (Wildman–Crippen LogP) is 2.06. The van der Waals surface area contributed by atoms with Gasteiger partial charge in [0.1, 0.15) is 0 Å². The molecule has 0 aromatic heterocycles. The monoisotopic (exact) mass is 198 g/mol. The molecule has 0 saturated carbocycles. The number of ether oxygens (including phenoxy) is 2.